The molecule has 1 fully saturated rings. The minimum Gasteiger partial charge on any atom is -0.381 e. The molecule has 1 aliphatic heterocycles. The SMILES string of the molecule is Nc1nc(NC2CCNCC2)nnc1Cl. The van der Waals surface area contributed by atoms with Crippen LogP contribution >= 0.6 is 11.6 Å². The lowest BCUT2D eigenvalue weighted by Crippen LogP contribution is -2.35. The quantitative estimate of drug-likeness (QED) is 0.674. The Bertz CT molecular complexity index is 338. The molecule has 1 saturated heterocycles. The van der Waals surface area contributed by atoms with Crippen LogP contribution in [0.3, 0.4) is 0 Å². The maximum Gasteiger partial charge on any atom is 0.245 e. The van der Waals surface area contributed by atoms with Crippen LogP contribution in [0.25, 0.3) is 0 Å². The number of hydrogen-bond acceptors (Lipinski definition) is 6. The minimum absolute atomic E-state index is 0.144. The van der Waals surface area contributed by atoms with Crippen molar-refractivity contribution in [3.63, 3.8) is 0 Å². The van der Waals surface area contributed by atoms with Crippen LogP contribution in [0.1, 0.15) is 12.8 Å². The lowest BCUT2D eigenvalue weighted by atomic mass is 10.1. The molecule has 0 amide bonds. The predicted molar refractivity (Wildman–Crippen MR) is 58.8 cm³/mol. The fourth-order valence-corrected chi connectivity index (χ4v) is 1.62. The van der Waals surface area contributed by atoms with E-state index in [4.69, 9.17) is 17.3 Å². The third-order valence-electron chi connectivity index (χ3n) is 2.34. The van der Waals surface area contributed by atoms with E-state index in [0.29, 0.717) is 12.0 Å². The Morgan fingerprint density at radius 2 is 2.07 bits per heavy atom. The van der Waals surface area contributed by atoms with E-state index in [1.54, 1.807) is 0 Å². The summed E-state index contributed by atoms with van der Waals surface area (Å²) in [6.45, 7) is 2.02. The van der Waals surface area contributed by atoms with Gasteiger partial charge >= 0.3 is 0 Å². The first-order valence-corrected chi connectivity index (χ1v) is 5.26. The third-order valence-corrected chi connectivity index (χ3v) is 2.61. The summed E-state index contributed by atoms with van der Waals surface area (Å²) in [6, 6.07) is 0.383. The van der Waals surface area contributed by atoms with Crippen LogP contribution in [0, 0.1) is 0 Å². The highest BCUT2D eigenvalue weighted by atomic mass is 35.5. The van der Waals surface area contributed by atoms with Crippen LogP contribution in [0.5, 0.6) is 0 Å². The van der Waals surface area contributed by atoms with Crippen molar-refractivity contribution in [1.82, 2.24) is 20.5 Å². The summed E-state index contributed by atoms with van der Waals surface area (Å²) in [7, 11) is 0. The van der Waals surface area contributed by atoms with E-state index in [2.05, 4.69) is 25.8 Å². The summed E-state index contributed by atoms with van der Waals surface area (Å²) in [5.41, 5.74) is 5.53. The van der Waals surface area contributed by atoms with Gasteiger partial charge in [-0.05, 0) is 25.9 Å². The zero-order valence-corrected chi connectivity index (χ0v) is 8.96. The first-order chi connectivity index (χ1) is 7.25. The number of nitrogens with one attached hydrogen (secondary N) is 2. The normalized spacial score (nSPS) is 17.7. The molecular weight excluding hydrogens is 216 g/mol. The van der Waals surface area contributed by atoms with Gasteiger partial charge in [-0.2, -0.15) is 4.98 Å². The average molecular weight is 229 g/mol. The standard InChI is InChI=1S/C8H13ClN6/c9-6-7(10)13-8(15-14-6)12-5-1-3-11-4-2-5/h5,11H,1-4H2,(H3,10,12,13,15). The van der Waals surface area contributed by atoms with Crippen LogP contribution < -0.4 is 16.4 Å². The van der Waals surface area contributed by atoms with Crippen molar-refractivity contribution in [2.24, 2.45) is 0 Å². The van der Waals surface area contributed by atoms with Gasteiger partial charge in [0.25, 0.3) is 0 Å². The molecule has 15 heavy (non-hydrogen) atoms. The Labute approximate surface area is 92.6 Å². The molecule has 1 aromatic heterocycles. The van der Waals surface area contributed by atoms with Gasteiger partial charge in [-0.15, -0.1) is 10.2 Å². The second-order valence-electron chi connectivity index (χ2n) is 3.48. The van der Waals surface area contributed by atoms with Gasteiger partial charge in [-0.1, -0.05) is 11.6 Å². The second kappa shape index (κ2) is 4.59. The Morgan fingerprint density at radius 3 is 2.73 bits per heavy atom. The van der Waals surface area contributed by atoms with Crippen molar-refractivity contribution >= 4 is 23.4 Å². The maximum atomic E-state index is 5.62. The van der Waals surface area contributed by atoms with Gasteiger partial charge in [0.2, 0.25) is 5.95 Å². The van der Waals surface area contributed by atoms with Crippen LogP contribution in [-0.4, -0.2) is 34.3 Å². The van der Waals surface area contributed by atoms with E-state index in [9.17, 15) is 0 Å². The number of anilines is 2. The van der Waals surface area contributed by atoms with E-state index in [1.807, 2.05) is 0 Å². The Balaban J connectivity index is 2.00. The predicted octanol–water partition coefficient (Wildman–Crippen LogP) is 0.271. The van der Waals surface area contributed by atoms with Crippen molar-refractivity contribution in [3.8, 4) is 0 Å². The summed E-state index contributed by atoms with van der Waals surface area (Å²) in [4.78, 5) is 4.01. The van der Waals surface area contributed by atoms with Crippen molar-refractivity contribution in [1.29, 1.82) is 0 Å². The molecule has 0 spiro atoms. The summed E-state index contributed by atoms with van der Waals surface area (Å²) in [6.07, 6.45) is 2.10. The molecule has 0 radical (unpaired) electrons. The maximum absolute atomic E-state index is 5.62. The van der Waals surface area contributed by atoms with E-state index < -0.39 is 0 Å². The molecule has 0 atom stereocenters. The summed E-state index contributed by atoms with van der Waals surface area (Å²) < 4.78 is 0. The topological polar surface area (TPSA) is 88.8 Å². The molecule has 6 nitrogen and oxygen atoms in total. The van der Waals surface area contributed by atoms with Crippen LogP contribution in [0.2, 0.25) is 5.15 Å². The molecule has 0 aliphatic carbocycles. The molecule has 0 saturated carbocycles. The van der Waals surface area contributed by atoms with E-state index in [1.165, 1.54) is 0 Å². The Kier molecular flexibility index (Phi) is 3.17. The molecule has 0 unspecified atom stereocenters. The molecule has 82 valence electrons. The minimum atomic E-state index is 0.144. The number of nitrogens with two attached hydrogens (primary N) is 1. The highest BCUT2D eigenvalue weighted by Gasteiger charge is 2.14. The molecule has 0 bridgehead atoms. The summed E-state index contributed by atoms with van der Waals surface area (Å²) in [5, 5.41) is 14.1. The number of piperidine rings is 1. The molecule has 1 aliphatic rings. The number of halogens is 1. The van der Waals surface area contributed by atoms with E-state index in [0.717, 1.165) is 25.9 Å². The number of rotatable bonds is 2. The Morgan fingerprint density at radius 1 is 1.33 bits per heavy atom. The van der Waals surface area contributed by atoms with Crippen LogP contribution in [0.4, 0.5) is 11.8 Å². The Hall–Kier alpha value is -1.14. The number of hydrogen-bond donors (Lipinski definition) is 3. The third kappa shape index (κ3) is 2.66. The first kappa shape index (κ1) is 10.4. The van der Waals surface area contributed by atoms with Gasteiger partial charge in [0, 0.05) is 6.04 Å². The lowest BCUT2D eigenvalue weighted by molar-refractivity contribution is 0.476. The van der Waals surface area contributed by atoms with Crippen LogP contribution in [-0.2, 0) is 0 Å². The van der Waals surface area contributed by atoms with Gasteiger partial charge in [0.15, 0.2) is 11.0 Å². The number of nitrogens with zero attached hydrogens (tertiary/aromatic N) is 3. The molecule has 4 N–H and O–H groups in total. The highest BCUT2D eigenvalue weighted by Crippen LogP contribution is 2.14. The van der Waals surface area contributed by atoms with Crippen molar-refractivity contribution in [2.45, 2.75) is 18.9 Å². The monoisotopic (exact) mass is 228 g/mol. The summed E-state index contributed by atoms with van der Waals surface area (Å²) in [5.74, 6) is 0.659. The fourth-order valence-electron chi connectivity index (χ4n) is 1.54. The number of aromatic nitrogens is 3. The van der Waals surface area contributed by atoms with Gasteiger partial charge in [-0.3, -0.25) is 0 Å². The number of nitrogen functional groups attached to an aromatic ring is 1. The van der Waals surface area contributed by atoms with E-state index in [-0.39, 0.29) is 11.0 Å². The molecule has 1 aromatic rings. The lowest BCUT2D eigenvalue weighted by Gasteiger charge is -2.23. The van der Waals surface area contributed by atoms with Crippen molar-refractivity contribution in [2.75, 3.05) is 24.1 Å². The molecule has 7 heteroatoms. The van der Waals surface area contributed by atoms with Crippen LogP contribution in [0.15, 0.2) is 0 Å². The zero-order valence-electron chi connectivity index (χ0n) is 8.20. The van der Waals surface area contributed by atoms with E-state index >= 15 is 0 Å². The van der Waals surface area contributed by atoms with Crippen molar-refractivity contribution in [3.05, 3.63) is 5.15 Å². The fraction of sp³-hybridized carbons (Fsp3) is 0.625. The smallest absolute Gasteiger partial charge is 0.245 e. The summed E-state index contributed by atoms with van der Waals surface area (Å²) >= 11 is 5.62. The first-order valence-electron chi connectivity index (χ1n) is 4.88. The second-order valence-corrected chi connectivity index (χ2v) is 3.84. The highest BCUT2D eigenvalue weighted by molar-refractivity contribution is 6.31. The molecule has 2 heterocycles. The average Bonchev–Trinajstić information content (AvgIpc) is 2.25. The molecule has 0 aromatic carbocycles. The van der Waals surface area contributed by atoms with Gasteiger partial charge in [0.05, 0.1) is 0 Å². The largest absolute Gasteiger partial charge is 0.381 e. The zero-order chi connectivity index (χ0) is 10.7. The van der Waals surface area contributed by atoms with Crippen molar-refractivity contribution < 1.29 is 0 Å². The van der Waals surface area contributed by atoms with Gasteiger partial charge < -0.3 is 16.4 Å². The molecule has 2 rings (SSSR count). The van der Waals surface area contributed by atoms with Gasteiger partial charge in [-0.25, -0.2) is 0 Å². The molecular formula is C8H13ClN6. The van der Waals surface area contributed by atoms with Gasteiger partial charge in [0.1, 0.15) is 0 Å².